The average Bonchev–Trinajstić information content (AvgIpc) is 2.36. The van der Waals surface area contributed by atoms with Gasteiger partial charge < -0.3 is 19.3 Å². The number of rotatable bonds is 3. The highest BCUT2D eigenvalue weighted by Crippen LogP contribution is 2.33. The lowest BCUT2D eigenvalue weighted by atomic mass is 10.0. The molecule has 0 fully saturated rings. The zero-order valence-corrected chi connectivity index (χ0v) is 9.47. The van der Waals surface area contributed by atoms with Crippen molar-refractivity contribution in [1.29, 1.82) is 0 Å². The second kappa shape index (κ2) is 4.72. The molecule has 0 aromatic heterocycles. The summed E-state index contributed by atoms with van der Waals surface area (Å²) in [7, 11) is 1.58. The lowest BCUT2D eigenvalue weighted by Crippen LogP contribution is -2.18. The highest BCUT2D eigenvalue weighted by atomic mass is 16.6. The summed E-state index contributed by atoms with van der Waals surface area (Å²) in [6.07, 6.45) is -0.900. The Morgan fingerprint density at radius 1 is 1.25 bits per heavy atom. The molecule has 1 aliphatic rings. The first-order chi connectivity index (χ1) is 7.72. The van der Waals surface area contributed by atoms with Crippen LogP contribution < -0.4 is 9.47 Å². The summed E-state index contributed by atoms with van der Waals surface area (Å²) in [4.78, 5) is 0. The lowest BCUT2D eigenvalue weighted by molar-refractivity contribution is -0.00164. The van der Waals surface area contributed by atoms with Gasteiger partial charge in [0.25, 0.3) is 0 Å². The first kappa shape index (κ1) is 11.2. The van der Waals surface area contributed by atoms with E-state index in [-0.39, 0.29) is 6.10 Å². The van der Waals surface area contributed by atoms with Crippen molar-refractivity contribution in [2.45, 2.75) is 19.1 Å². The van der Waals surface area contributed by atoms with Crippen molar-refractivity contribution in [3.05, 3.63) is 23.8 Å². The van der Waals surface area contributed by atoms with Gasteiger partial charge in [0, 0.05) is 7.11 Å². The van der Waals surface area contributed by atoms with Crippen LogP contribution in [-0.4, -0.2) is 31.5 Å². The van der Waals surface area contributed by atoms with Crippen LogP contribution in [0.5, 0.6) is 11.5 Å². The van der Waals surface area contributed by atoms with E-state index in [0.717, 1.165) is 11.3 Å². The van der Waals surface area contributed by atoms with E-state index >= 15 is 0 Å². The summed E-state index contributed by atoms with van der Waals surface area (Å²) in [5, 5.41) is 9.97. The molecule has 0 saturated carbocycles. The third kappa shape index (κ3) is 2.13. The molecule has 1 aromatic rings. The van der Waals surface area contributed by atoms with Gasteiger partial charge in [-0.3, -0.25) is 0 Å². The van der Waals surface area contributed by atoms with E-state index in [2.05, 4.69) is 0 Å². The number of methoxy groups -OCH3 is 1. The van der Waals surface area contributed by atoms with Crippen LogP contribution >= 0.6 is 0 Å². The Morgan fingerprint density at radius 2 is 1.94 bits per heavy atom. The van der Waals surface area contributed by atoms with Crippen LogP contribution in [0, 0.1) is 0 Å². The molecule has 0 spiro atoms. The Balaban J connectivity index is 2.22. The van der Waals surface area contributed by atoms with E-state index < -0.39 is 6.10 Å². The van der Waals surface area contributed by atoms with Crippen LogP contribution in [0.3, 0.4) is 0 Å². The van der Waals surface area contributed by atoms with Crippen LogP contribution in [-0.2, 0) is 4.74 Å². The average molecular weight is 224 g/mol. The molecule has 0 amide bonds. The Morgan fingerprint density at radius 3 is 2.62 bits per heavy atom. The maximum absolute atomic E-state index is 9.97. The molecule has 4 heteroatoms. The molecule has 1 aromatic carbocycles. The molecule has 1 heterocycles. The van der Waals surface area contributed by atoms with E-state index in [9.17, 15) is 5.11 Å². The summed E-state index contributed by atoms with van der Waals surface area (Å²) in [5.41, 5.74) is 0.776. The summed E-state index contributed by atoms with van der Waals surface area (Å²) >= 11 is 0. The first-order valence-corrected chi connectivity index (χ1v) is 5.33. The Kier molecular flexibility index (Phi) is 3.31. The zero-order chi connectivity index (χ0) is 11.5. The van der Waals surface area contributed by atoms with Crippen LogP contribution in [0.25, 0.3) is 0 Å². The van der Waals surface area contributed by atoms with E-state index in [4.69, 9.17) is 14.2 Å². The van der Waals surface area contributed by atoms with Gasteiger partial charge in [0.05, 0.1) is 6.10 Å². The minimum Gasteiger partial charge on any atom is -0.486 e. The van der Waals surface area contributed by atoms with Crippen molar-refractivity contribution in [2.24, 2.45) is 0 Å². The Labute approximate surface area is 94.8 Å². The molecule has 0 aliphatic carbocycles. The molecule has 0 radical (unpaired) electrons. The second-order valence-corrected chi connectivity index (χ2v) is 3.79. The molecule has 2 rings (SSSR count). The van der Waals surface area contributed by atoms with Gasteiger partial charge in [-0.25, -0.2) is 0 Å². The van der Waals surface area contributed by atoms with E-state index in [1.165, 1.54) is 0 Å². The summed E-state index contributed by atoms with van der Waals surface area (Å²) in [6.45, 7) is 2.94. The smallest absolute Gasteiger partial charge is 0.161 e. The molecule has 2 unspecified atom stereocenters. The molecule has 16 heavy (non-hydrogen) atoms. The second-order valence-electron chi connectivity index (χ2n) is 3.79. The Hall–Kier alpha value is -1.26. The summed E-state index contributed by atoms with van der Waals surface area (Å²) < 4.78 is 15.9. The molecule has 4 nitrogen and oxygen atoms in total. The SMILES string of the molecule is COC(C)C(O)c1ccc2c(c1)OCCO2. The lowest BCUT2D eigenvalue weighted by Gasteiger charge is -2.22. The standard InChI is InChI=1S/C12H16O4/c1-8(14-2)12(13)9-3-4-10-11(7-9)16-6-5-15-10/h3-4,7-8,12-13H,5-6H2,1-2H3. The van der Waals surface area contributed by atoms with Crippen molar-refractivity contribution in [2.75, 3.05) is 20.3 Å². The number of hydrogen-bond donors (Lipinski definition) is 1. The first-order valence-electron chi connectivity index (χ1n) is 5.33. The minimum absolute atomic E-state index is 0.248. The number of hydrogen-bond acceptors (Lipinski definition) is 4. The van der Waals surface area contributed by atoms with Crippen LogP contribution in [0.15, 0.2) is 18.2 Å². The molecule has 0 saturated heterocycles. The predicted octanol–water partition coefficient (Wildman–Crippen LogP) is 1.53. The van der Waals surface area contributed by atoms with Gasteiger partial charge in [0.15, 0.2) is 11.5 Å². The highest BCUT2D eigenvalue weighted by molar-refractivity contribution is 5.44. The van der Waals surface area contributed by atoms with Gasteiger partial charge in [0.2, 0.25) is 0 Å². The number of aliphatic hydroxyl groups excluding tert-OH is 1. The largest absolute Gasteiger partial charge is 0.486 e. The van der Waals surface area contributed by atoms with Gasteiger partial charge >= 0.3 is 0 Å². The Bertz CT molecular complexity index is 364. The molecule has 1 aliphatic heterocycles. The maximum Gasteiger partial charge on any atom is 0.161 e. The van der Waals surface area contributed by atoms with E-state index in [1.54, 1.807) is 13.2 Å². The van der Waals surface area contributed by atoms with Gasteiger partial charge in [-0.2, -0.15) is 0 Å². The number of benzene rings is 1. The normalized spacial score (nSPS) is 17.9. The van der Waals surface area contributed by atoms with Crippen molar-refractivity contribution < 1.29 is 19.3 Å². The quantitative estimate of drug-likeness (QED) is 0.845. The topological polar surface area (TPSA) is 47.9 Å². The van der Waals surface area contributed by atoms with Gasteiger partial charge in [0.1, 0.15) is 19.3 Å². The van der Waals surface area contributed by atoms with E-state index in [0.29, 0.717) is 19.0 Å². The monoisotopic (exact) mass is 224 g/mol. The summed E-state index contributed by atoms with van der Waals surface area (Å²) in [6, 6.07) is 5.44. The van der Waals surface area contributed by atoms with Crippen molar-refractivity contribution in [3.8, 4) is 11.5 Å². The molecule has 1 N–H and O–H groups in total. The minimum atomic E-state index is -0.652. The molecular formula is C12H16O4. The van der Waals surface area contributed by atoms with Crippen molar-refractivity contribution in [3.63, 3.8) is 0 Å². The predicted molar refractivity (Wildman–Crippen MR) is 58.9 cm³/mol. The van der Waals surface area contributed by atoms with Crippen molar-refractivity contribution >= 4 is 0 Å². The number of ether oxygens (including phenoxy) is 3. The molecule has 2 atom stereocenters. The molecular weight excluding hydrogens is 208 g/mol. The van der Waals surface area contributed by atoms with E-state index in [1.807, 2.05) is 19.1 Å². The zero-order valence-electron chi connectivity index (χ0n) is 9.47. The summed E-state index contributed by atoms with van der Waals surface area (Å²) in [5.74, 6) is 1.42. The van der Waals surface area contributed by atoms with Gasteiger partial charge in [-0.1, -0.05) is 6.07 Å². The fraction of sp³-hybridized carbons (Fsp3) is 0.500. The molecule has 0 bridgehead atoms. The van der Waals surface area contributed by atoms with Gasteiger partial charge in [-0.05, 0) is 24.6 Å². The number of fused-ring (bicyclic) bond motifs is 1. The maximum atomic E-state index is 9.97. The van der Waals surface area contributed by atoms with Crippen LogP contribution in [0.4, 0.5) is 0 Å². The third-order valence-electron chi connectivity index (χ3n) is 2.72. The van der Waals surface area contributed by atoms with Crippen molar-refractivity contribution in [1.82, 2.24) is 0 Å². The van der Waals surface area contributed by atoms with Crippen LogP contribution in [0.2, 0.25) is 0 Å². The van der Waals surface area contributed by atoms with Crippen LogP contribution in [0.1, 0.15) is 18.6 Å². The molecule has 88 valence electrons. The number of aliphatic hydroxyl groups is 1. The highest BCUT2D eigenvalue weighted by Gasteiger charge is 2.19. The third-order valence-corrected chi connectivity index (χ3v) is 2.72. The van der Waals surface area contributed by atoms with Gasteiger partial charge in [-0.15, -0.1) is 0 Å². The fourth-order valence-electron chi connectivity index (χ4n) is 1.64. The fourth-order valence-corrected chi connectivity index (χ4v) is 1.64.